The first-order valence-corrected chi connectivity index (χ1v) is 7.82. The van der Waals surface area contributed by atoms with Gasteiger partial charge in [0, 0.05) is 4.88 Å². The van der Waals surface area contributed by atoms with Gasteiger partial charge in [-0.2, -0.15) is 0 Å². The van der Waals surface area contributed by atoms with Crippen LogP contribution < -0.4 is 0 Å². The van der Waals surface area contributed by atoms with Crippen LogP contribution in [-0.2, 0) is 15.6 Å². The van der Waals surface area contributed by atoms with Gasteiger partial charge in [0.05, 0.1) is 15.7 Å². The summed E-state index contributed by atoms with van der Waals surface area (Å²) < 4.78 is 37.5. The number of hydrogen-bond donors (Lipinski definition) is 0. The molecular weight excluding hydrogens is 259 g/mol. The first-order valence-electron chi connectivity index (χ1n) is 5.28. The zero-order chi connectivity index (χ0) is 12.6. The molecule has 1 aromatic heterocycles. The van der Waals surface area contributed by atoms with Crippen molar-refractivity contribution in [3.63, 3.8) is 0 Å². The Hall–Kier alpha value is -0.940. The Morgan fingerprint density at radius 1 is 1.35 bits per heavy atom. The molecule has 17 heavy (non-hydrogen) atoms. The Bertz CT molecular complexity index is 642. The number of hydrogen-bond acceptors (Lipinski definition) is 3. The van der Waals surface area contributed by atoms with Gasteiger partial charge < -0.3 is 0 Å². The molecule has 0 aliphatic heterocycles. The smallest absolute Gasteiger partial charge is 0.157 e. The minimum absolute atomic E-state index is 0.0105. The third-order valence-electron chi connectivity index (χ3n) is 2.61. The summed E-state index contributed by atoms with van der Waals surface area (Å²) in [7, 11) is -3.12. The van der Waals surface area contributed by atoms with Crippen LogP contribution in [0.2, 0.25) is 0 Å². The number of thiophene rings is 1. The molecule has 0 bridgehead atoms. The van der Waals surface area contributed by atoms with Crippen molar-refractivity contribution in [2.45, 2.75) is 24.9 Å². The Kier molecular flexibility index (Phi) is 3.23. The van der Waals surface area contributed by atoms with Crippen LogP contribution in [0.1, 0.15) is 18.7 Å². The Balaban J connectivity index is 2.42. The molecule has 1 heterocycles. The summed E-state index contributed by atoms with van der Waals surface area (Å²) in [5.41, 5.74) is 0. The molecular formula is C12H13FO2S2. The lowest BCUT2D eigenvalue weighted by atomic mass is 10.2. The van der Waals surface area contributed by atoms with Crippen LogP contribution in [0.3, 0.4) is 0 Å². The molecule has 1 aromatic carbocycles. The van der Waals surface area contributed by atoms with Crippen LogP contribution >= 0.6 is 11.3 Å². The van der Waals surface area contributed by atoms with Crippen molar-refractivity contribution < 1.29 is 12.8 Å². The predicted octanol–water partition coefficient (Wildman–Crippen LogP) is 3.36. The fraction of sp³-hybridized carbons (Fsp3) is 0.333. The van der Waals surface area contributed by atoms with E-state index in [0.29, 0.717) is 9.58 Å². The van der Waals surface area contributed by atoms with E-state index in [9.17, 15) is 12.8 Å². The lowest BCUT2D eigenvalue weighted by molar-refractivity contribution is 0.587. The topological polar surface area (TPSA) is 34.1 Å². The Labute approximate surface area is 104 Å². The number of sulfone groups is 1. The van der Waals surface area contributed by atoms with Crippen molar-refractivity contribution in [2.75, 3.05) is 0 Å². The highest BCUT2D eigenvalue weighted by Crippen LogP contribution is 2.29. The summed E-state index contributed by atoms with van der Waals surface area (Å²) in [6, 6.07) is 6.56. The molecule has 0 N–H and O–H groups in total. The number of halogens is 1. The van der Waals surface area contributed by atoms with E-state index < -0.39 is 15.1 Å². The SMILES string of the molecule is CC(C)S(=O)(=O)Cc1cc2cccc(F)c2s1. The second-order valence-corrected chi connectivity index (χ2v) is 7.92. The molecule has 0 spiro atoms. The van der Waals surface area contributed by atoms with Gasteiger partial charge in [-0.25, -0.2) is 12.8 Å². The van der Waals surface area contributed by atoms with Crippen molar-refractivity contribution >= 4 is 31.3 Å². The zero-order valence-corrected chi connectivity index (χ0v) is 11.2. The van der Waals surface area contributed by atoms with Gasteiger partial charge in [0.25, 0.3) is 0 Å². The number of benzene rings is 1. The van der Waals surface area contributed by atoms with E-state index in [2.05, 4.69) is 0 Å². The van der Waals surface area contributed by atoms with Crippen molar-refractivity contribution in [2.24, 2.45) is 0 Å². The summed E-state index contributed by atoms with van der Waals surface area (Å²) in [4.78, 5) is 0.693. The second kappa shape index (κ2) is 4.38. The fourth-order valence-corrected chi connectivity index (χ4v) is 3.92. The van der Waals surface area contributed by atoms with Crippen molar-refractivity contribution in [1.82, 2.24) is 0 Å². The first-order chi connectivity index (χ1) is 7.90. The van der Waals surface area contributed by atoms with Crippen molar-refractivity contribution in [3.8, 4) is 0 Å². The Morgan fingerprint density at radius 3 is 2.65 bits per heavy atom. The van der Waals surface area contributed by atoms with Crippen LogP contribution in [0.4, 0.5) is 4.39 Å². The molecule has 0 amide bonds. The second-order valence-electron chi connectivity index (χ2n) is 4.23. The molecule has 0 saturated heterocycles. The lowest BCUT2D eigenvalue weighted by Crippen LogP contribution is -2.15. The van der Waals surface area contributed by atoms with E-state index in [-0.39, 0.29) is 11.6 Å². The minimum Gasteiger partial charge on any atom is -0.228 e. The van der Waals surface area contributed by atoms with E-state index in [1.807, 2.05) is 0 Å². The molecule has 2 nitrogen and oxygen atoms in total. The largest absolute Gasteiger partial charge is 0.228 e. The van der Waals surface area contributed by atoms with Gasteiger partial charge >= 0.3 is 0 Å². The third kappa shape index (κ3) is 2.50. The molecule has 0 radical (unpaired) electrons. The normalized spacial score (nSPS) is 12.5. The molecule has 0 aliphatic rings. The maximum absolute atomic E-state index is 13.5. The van der Waals surface area contributed by atoms with Crippen LogP contribution in [-0.4, -0.2) is 13.7 Å². The van der Waals surface area contributed by atoms with Gasteiger partial charge in [0.2, 0.25) is 0 Å². The van der Waals surface area contributed by atoms with Crippen molar-refractivity contribution in [1.29, 1.82) is 0 Å². The van der Waals surface area contributed by atoms with E-state index in [1.165, 1.54) is 17.4 Å². The van der Waals surface area contributed by atoms with E-state index in [0.717, 1.165) is 5.39 Å². The quantitative estimate of drug-likeness (QED) is 0.858. The molecule has 2 aromatic rings. The van der Waals surface area contributed by atoms with Gasteiger partial charge in [0.15, 0.2) is 9.84 Å². The summed E-state index contributed by atoms with van der Waals surface area (Å²) in [6.07, 6.45) is 0. The molecule has 0 unspecified atom stereocenters. The van der Waals surface area contributed by atoms with E-state index >= 15 is 0 Å². The van der Waals surface area contributed by atoms with Crippen molar-refractivity contribution in [3.05, 3.63) is 35.0 Å². The van der Waals surface area contributed by atoms with E-state index in [4.69, 9.17) is 0 Å². The van der Waals surface area contributed by atoms with Gasteiger partial charge in [-0.3, -0.25) is 0 Å². The molecule has 5 heteroatoms. The predicted molar refractivity (Wildman–Crippen MR) is 69.5 cm³/mol. The average Bonchev–Trinajstić information content (AvgIpc) is 2.60. The fourth-order valence-electron chi connectivity index (χ4n) is 1.52. The van der Waals surface area contributed by atoms with Crippen LogP contribution in [0.15, 0.2) is 24.3 Å². The number of fused-ring (bicyclic) bond motifs is 1. The number of rotatable bonds is 3. The van der Waals surface area contributed by atoms with Gasteiger partial charge in [-0.1, -0.05) is 12.1 Å². The molecule has 0 aliphatic carbocycles. The highest BCUT2D eigenvalue weighted by Gasteiger charge is 2.18. The van der Waals surface area contributed by atoms with Crippen LogP contribution in [0.5, 0.6) is 0 Å². The van der Waals surface area contributed by atoms with Crippen LogP contribution in [0.25, 0.3) is 10.1 Å². The van der Waals surface area contributed by atoms with Crippen LogP contribution in [0, 0.1) is 5.82 Å². The molecule has 2 rings (SSSR count). The Morgan fingerprint density at radius 2 is 2.06 bits per heavy atom. The summed E-state index contributed by atoms with van der Waals surface area (Å²) in [5.74, 6) is -0.301. The lowest BCUT2D eigenvalue weighted by Gasteiger charge is -2.04. The molecule has 0 saturated carbocycles. The molecule has 0 atom stereocenters. The summed E-state index contributed by atoms with van der Waals surface area (Å²) in [6.45, 7) is 3.31. The minimum atomic E-state index is -3.12. The maximum Gasteiger partial charge on any atom is 0.157 e. The highest BCUT2D eigenvalue weighted by molar-refractivity contribution is 7.91. The molecule has 92 valence electrons. The van der Waals surface area contributed by atoms with E-state index in [1.54, 1.807) is 32.0 Å². The highest BCUT2D eigenvalue weighted by atomic mass is 32.2. The van der Waals surface area contributed by atoms with Gasteiger partial charge in [-0.15, -0.1) is 11.3 Å². The monoisotopic (exact) mass is 272 g/mol. The maximum atomic E-state index is 13.5. The average molecular weight is 272 g/mol. The van der Waals surface area contributed by atoms with Gasteiger partial charge in [-0.05, 0) is 31.4 Å². The summed E-state index contributed by atoms with van der Waals surface area (Å²) >= 11 is 1.21. The van der Waals surface area contributed by atoms with Gasteiger partial charge in [0.1, 0.15) is 5.82 Å². The third-order valence-corrected chi connectivity index (χ3v) is 6.10. The standard InChI is InChI=1S/C12H13FO2S2/c1-8(2)17(14,15)7-10-6-9-4-3-5-11(13)12(9)16-10/h3-6,8H,7H2,1-2H3. The molecule has 0 fully saturated rings. The first kappa shape index (κ1) is 12.5. The summed E-state index contributed by atoms with van der Waals surface area (Å²) in [5, 5.41) is 0.363. The zero-order valence-electron chi connectivity index (χ0n) is 9.60.